The zero-order chi connectivity index (χ0) is 25.0. The Morgan fingerprint density at radius 1 is 1.06 bits per heavy atom. The van der Waals surface area contributed by atoms with Gasteiger partial charge in [-0.05, 0) is 41.9 Å². The Bertz CT molecular complexity index is 1160. The van der Waals surface area contributed by atoms with Gasteiger partial charge in [0.2, 0.25) is 5.91 Å². The van der Waals surface area contributed by atoms with Crippen LogP contribution in [0.5, 0.6) is 0 Å². The van der Waals surface area contributed by atoms with Crippen molar-refractivity contribution in [3.05, 3.63) is 81.8 Å². The molecule has 1 N–H and O–H groups in total. The molecule has 4 rings (SSSR count). The number of likely N-dealkylation sites (tertiary alicyclic amines) is 1. The zero-order valence-electron chi connectivity index (χ0n) is 21.1. The Kier molecular flexibility index (Phi) is 7.70. The van der Waals surface area contributed by atoms with Gasteiger partial charge in [-0.1, -0.05) is 76.2 Å². The monoisotopic (exact) mass is 489 g/mol. The van der Waals surface area contributed by atoms with Gasteiger partial charge in [-0.2, -0.15) is 0 Å². The van der Waals surface area contributed by atoms with Crippen LogP contribution in [0.25, 0.3) is 0 Å². The van der Waals surface area contributed by atoms with Crippen molar-refractivity contribution in [3.8, 4) is 0 Å². The molecule has 2 amide bonds. The van der Waals surface area contributed by atoms with E-state index in [1.54, 1.807) is 11.3 Å². The third-order valence-electron chi connectivity index (χ3n) is 6.70. The molecule has 1 aromatic heterocycles. The van der Waals surface area contributed by atoms with E-state index >= 15 is 0 Å². The number of carbonyl (C=O) groups is 2. The minimum atomic E-state index is -0.174. The average Bonchev–Trinajstić information content (AvgIpc) is 3.34. The zero-order valence-corrected chi connectivity index (χ0v) is 21.9. The summed E-state index contributed by atoms with van der Waals surface area (Å²) in [5, 5.41) is 5.90. The number of anilines is 1. The van der Waals surface area contributed by atoms with Crippen molar-refractivity contribution in [2.75, 3.05) is 18.4 Å². The maximum absolute atomic E-state index is 13.0. The first kappa shape index (κ1) is 25.1. The first-order chi connectivity index (χ1) is 16.7. The Balaban J connectivity index is 1.33. The molecule has 1 unspecified atom stereocenters. The number of piperidine rings is 1. The topological polar surface area (TPSA) is 62.3 Å². The van der Waals surface area contributed by atoms with Gasteiger partial charge in [-0.3, -0.25) is 9.59 Å². The molecule has 35 heavy (non-hydrogen) atoms. The third-order valence-corrected chi connectivity index (χ3v) is 7.71. The molecule has 1 aliphatic rings. The number of para-hydroxylation sites is 1. The Labute approximate surface area is 212 Å². The molecule has 5 nitrogen and oxygen atoms in total. The number of benzene rings is 2. The van der Waals surface area contributed by atoms with E-state index in [2.05, 4.69) is 49.3 Å². The van der Waals surface area contributed by atoms with E-state index in [0.29, 0.717) is 5.69 Å². The van der Waals surface area contributed by atoms with Crippen LogP contribution in [-0.2, 0) is 16.6 Å². The van der Waals surface area contributed by atoms with E-state index in [1.165, 1.54) is 5.56 Å². The normalized spacial score (nSPS) is 15.6. The Hall–Kier alpha value is -2.99. The van der Waals surface area contributed by atoms with Gasteiger partial charge in [0, 0.05) is 36.0 Å². The third kappa shape index (κ3) is 6.17. The largest absolute Gasteiger partial charge is 0.342 e. The van der Waals surface area contributed by atoms with Crippen molar-refractivity contribution >= 4 is 28.8 Å². The lowest BCUT2D eigenvalue weighted by Crippen LogP contribution is -2.41. The molecule has 1 fully saturated rings. The fraction of sp³-hybridized carbons (Fsp3) is 0.414. The summed E-state index contributed by atoms with van der Waals surface area (Å²) in [5.74, 6) is 0.313. The van der Waals surface area contributed by atoms with Gasteiger partial charge in [-0.25, -0.2) is 4.98 Å². The van der Waals surface area contributed by atoms with Crippen LogP contribution in [-0.4, -0.2) is 34.8 Å². The quantitative estimate of drug-likeness (QED) is 0.443. The molecule has 1 saturated heterocycles. The van der Waals surface area contributed by atoms with Crippen LogP contribution in [0.15, 0.2) is 60.0 Å². The molecule has 6 heteroatoms. The minimum Gasteiger partial charge on any atom is -0.342 e. The number of aromatic nitrogens is 1. The molecular formula is C29H35N3O2S. The van der Waals surface area contributed by atoms with Crippen LogP contribution in [0.4, 0.5) is 5.69 Å². The van der Waals surface area contributed by atoms with Crippen molar-refractivity contribution in [2.24, 2.45) is 5.92 Å². The van der Waals surface area contributed by atoms with E-state index in [4.69, 9.17) is 0 Å². The molecule has 1 aliphatic heterocycles. The van der Waals surface area contributed by atoms with E-state index in [9.17, 15) is 9.59 Å². The highest BCUT2D eigenvalue weighted by Crippen LogP contribution is 2.32. The number of nitrogens with zero attached hydrogens (tertiary/aromatic N) is 2. The molecule has 0 radical (unpaired) electrons. The second kappa shape index (κ2) is 10.7. The predicted octanol–water partition coefficient (Wildman–Crippen LogP) is 6.28. The standard InChI is InChI=1S/C29H35N3O2S/c1-20(18-21-10-6-5-7-11-21)28(34)32-16-14-22(15-17-32)27-31-25(19-35-27)26(33)30-24-13-9-8-12-23(24)29(2,3)4/h5-13,19-20,22H,14-18H2,1-4H3,(H,30,33). The van der Waals surface area contributed by atoms with Gasteiger partial charge in [0.05, 0.1) is 5.01 Å². The Morgan fingerprint density at radius 2 is 1.71 bits per heavy atom. The highest BCUT2D eigenvalue weighted by Gasteiger charge is 2.29. The maximum atomic E-state index is 13.0. The van der Waals surface area contributed by atoms with E-state index in [-0.39, 0.29) is 29.1 Å². The molecule has 1 atom stereocenters. The van der Waals surface area contributed by atoms with Crippen molar-refractivity contribution in [1.29, 1.82) is 0 Å². The first-order valence-corrected chi connectivity index (χ1v) is 13.3. The fourth-order valence-electron chi connectivity index (χ4n) is 4.73. The molecule has 0 spiro atoms. The maximum Gasteiger partial charge on any atom is 0.275 e. The van der Waals surface area contributed by atoms with Crippen molar-refractivity contribution in [3.63, 3.8) is 0 Å². The smallest absolute Gasteiger partial charge is 0.275 e. The molecule has 0 aliphatic carbocycles. The summed E-state index contributed by atoms with van der Waals surface area (Å²) in [6.45, 7) is 9.91. The van der Waals surface area contributed by atoms with E-state index in [0.717, 1.165) is 48.6 Å². The van der Waals surface area contributed by atoms with Crippen LogP contribution < -0.4 is 5.32 Å². The van der Waals surface area contributed by atoms with Crippen LogP contribution in [0.2, 0.25) is 0 Å². The predicted molar refractivity (Wildman–Crippen MR) is 143 cm³/mol. The van der Waals surface area contributed by atoms with E-state index < -0.39 is 0 Å². The number of thiazole rings is 1. The highest BCUT2D eigenvalue weighted by atomic mass is 32.1. The van der Waals surface area contributed by atoms with Gasteiger partial charge in [-0.15, -0.1) is 11.3 Å². The van der Waals surface area contributed by atoms with Crippen LogP contribution >= 0.6 is 11.3 Å². The summed E-state index contributed by atoms with van der Waals surface area (Å²) in [6.07, 6.45) is 2.53. The molecule has 2 aromatic carbocycles. The molecule has 184 valence electrons. The Morgan fingerprint density at radius 3 is 2.40 bits per heavy atom. The lowest BCUT2D eigenvalue weighted by atomic mass is 9.86. The van der Waals surface area contributed by atoms with Gasteiger partial charge < -0.3 is 10.2 Å². The molecule has 2 heterocycles. The summed E-state index contributed by atoms with van der Waals surface area (Å²) in [7, 11) is 0. The summed E-state index contributed by atoms with van der Waals surface area (Å²) in [6, 6.07) is 18.1. The van der Waals surface area contributed by atoms with Gasteiger partial charge in [0.15, 0.2) is 0 Å². The van der Waals surface area contributed by atoms with Crippen molar-refractivity contribution in [2.45, 2.75) is 58.3 Å². The van der Waals surface area contributed by atoms with Crippen LogP contribution in [0, 0.1) is 5.92 Å². The summed E-state index contributed by atoms with van der Waals surface area (Å²) in [4.78, 5) is 32.6. The average molecular weight is 490 g/mol. The lowest BCUT2D eigenvalue weighted by molar-refractivity contribution is -0.136. The lowest BCUT2D eigenvalue weighted by Gasteiger charge is -2.33. The molecule has 0 saturated carbocycles. The number of carbonyl (C=O) groups excluding carboxylic acids is 2. The van der Waals surface area contributed by atoms with Crippen molar-refractivity contribution in [1.82, 2.24) is 9.88 Å². The van der Waals surface area contributed by atoms with Gasteiger partial charge in [0.25, 0.3) is 5.91 Å². The molecule has 3 aromatic rings. The van der Waals surface area contributed by atoms with Gasteiger partial charge >= 0.3 is 0 Å². The second-order valence-electron chi connectivity index (χ2n) is 10.5. The summed E-state index contributed by atoms with van der Waals surface area (Å²) in [5.41, 5.74) is 3.52. The highest BCUT2D eigenvalue weighted by molar-refractivity contribution is 7.10. The molecular weight excluding hydrogens is 454 g/mol. The SMILES string of the molecule is CC(Cc1ccccc1)C(=O)N1CCC(c2nc(C(=O)Nc3ccccc3C(C)(C)C)cs2)CC1. The number of rotatable bonds is 6. The van der Waals surface area contributed by atoms with Gasteiger partial charge in [0.1, 0.15) is 5.69 Å². The summed E-state index contributed by atoms with van der Waals surface area (Å²) < 4.78 is 0. The second-order valence-corrected chi connectivity index (χ2v) is 11.4. The first-order valence-electron chi connectivity index (χ1n) is 12.4. The summed E-state index contributed by atoms with van der Waals surface area (Å²) >= 11 is 1.55. The van der Waals surface area contributed by atoms with E-state index in [1.807, 2.05) is 53.6 Å². The number of hydrogen-bond donors (Lipinski definition) is 1. The van der Waals surface area contributed by atoms with Crippen molar-refractivity contribution < 1.29 is 9.59 Å². The number of nitrogens with one attached hydrogen (secondary N) is 1. The van der Waals surface area contributed by atoms with Crippen LogP contribution in [0.1, 0.15) is 73.1 Å². The number of amides is 2. The van der Waals surface area contributed by atoms with Crippen LogP contribution in [0.3, 0.4) is 0 Å². The fourth-order valence-corrected chi connectivity index (χ4v) is 5.70. The number of hydrogen-bond acceptors (Lipinski definition) is 4. The molecule has 0 bridgehead atoms. The minimum absolute atomic E-state index is 0.0277.